The van der Waals surface area contributed by atoms with Gasteiger partial charge in [0.25, 0.3) is 5.91 Å². The van der Waals surface area contributed by atoms with Crippen LogP contribution >= 0.6 is 11.8 Å². The van der Waals surface area contributed by atoms with Gasteiger partial charge in [-0.15, -0.1) is 11.8 Å². The fourth-order valence-corrected chi connectivity index (χ4v) is 6.45. The molecule has 1 saturated heterocycles. The molecule has 1 amide bonds. The van der Waals surface area contributed by atoms with Crippen LogP contribution in [-0.2, 0) is 24.7 Å². The fourth-order valence-electron chi connectivity index (χ4n) is 5.59. The van der Waals surface area contributed by atoms with Crippen molar-refractivity contribution in [2.24, 2.45) is 5.41 Å². The number of ketones is 1. The Morgan fingerprint density at radius 1 is 1.09 bits per heavy atom. The normalized spacial score (nSPS) is 25.8. The second-order valence-electron chi connectivity index (χ2n) is 8.66. The van der Waals surface area contributed by atoms with Gasteiger partial charge in [0, 0.05) is 30.0 Å². The van der Waals surface area contributed by atoms with Crippen molar-refractivity contribution in [1.29, 1.82) is 0 Å². The van der Waals surface area contributed by atoms with E-state index in [1.807, 2.05) is 30.3 Å². The van der Waals surface area contributed by atoms with Crippen molar-refractivity contribution in [3.05, 3.63) is 54.1 Å². The Kier molecular flexibility index (Phi) is 7.10. The highest BCUT2D eigenvalue weighted by molar-refractivity contribution is 7.99. The Balaban J connectivity index is 1.85. The van der Waals surface area contributed by atoms with E-state index in [0.717, 1.165) is 4.90 Å². The molecule has 4 rings (SSSR count). The van der Waals surface area contributed by atoms with Crippen LogP contribution in [0, 0.1) is 5.41 Å². The molecule has 9 heteroatoms. The van der Waals surface area contributed by atoms with Crippen molar-refractivity contribution in [3.8, 4) is 11.5 Å². The molecule has 2 fully saturated rings. The Bertz CT molecular complexity index is 1120. The average Bonchev–Trinajstić information content (AvgIpc) is 3.08. The summed E-state index contributed by atoms with van der Waals surface area (Å²) in [5, 5.41) is 11.3. The number of aliphatic hydroxyl groups is 1. The molecule has 2 aromatic rings. The molecule has 3 atom stereocenters. The van der Waals surface area contributed by atoms with Gasteiger partial charge in [0.2, 0.25) is 0 Å². The maximum absolute atomic E-state index is 13.6. The summed E-state index contributed by atoms with van der Waals surface area (Å²) in [6.45, 7) is 0.261. The number of Topliss-reactive ketones (excluding diaryl/α,β-unsaturated/α-hetero) is 1. The molecule has 1 saturated carbocycles. The van der Waals surface area contributed by atoms with E-state index in [-0.39, 0.29) is 31.6 Å². The predicted octanol–water partition coefficient (Wildman–Crippen LogP) is 2.81. The molecule has 186 valence electrons. The quantitative estimate of drug-likeness (QED) is 0.437. The lowest BCUT2D eigenvalue weighted by Crippen LogP contribution is -2.61. The lowest BCUT2D eigenvalue weighted by Gasteiger charge is -2.50. The number of aliphatic hydroxyl groups excluding tert-OH is 1. The Morgan fingerprint density at radius 2 is 1.80 bits per heavy atom. The summed E-state index contributed by atoms with van der Waals surface area (Å²) in [6, 6.07) is 14.9. The first kappa shape index (κ1) is 25.1. The number of esters is 1. The maximum Gasteiger partial charge on any atom is 0.318 e. The number of carbonyl (C=O) groups is 3. The van der Waals surface area contributed by atoms with Gasteiger partial charge >= 0.3 is 5.97 Å². The highest BCUT2D eigenvalue weighted by Crippen LogP contribution is 2.61. The smallest absolute Gasteiger partial charge is 0.318 e. The summed E-state index contributed by atoms with van der Waals surface area (Å²) < 4.78 is 16.0. The molecule has 8 nitrogen and oxygen atoms in total. The van der Waals surface area contributed by atoms with Gasteiger partial charge in [-0.05, 0) is 36.2 Å². The molecule has 0 unspecified atom stereocenters. The van der Waals surface area contributed by atoms with Gasteiger partial charge in [-0.1, -0.05) is 24.3 Å². The number of thioether (sulfide) groups is 1. The molecule has 35 heavy (non-hydrogen) atoms. The van der Waals surface area contributed by atoms with E-state index in [0.29, 0.717) is 22.8 Å². The number of ether oxygens (including phenoxy) is 3. The van der Waals surface area contributed by atoms with Crippen molar-refractivity contribution in [2.75, 3.05) is 33.6 Å². The molecule has 1 N–H and O–H groups in total. The lowest BCUT2D eigenvalue weighted by atomic mass is 9.57. The van der Waals surface area contributed by atoms with Gasteiger partial charge in [-0.2, -0.15) is 0 Å². The summed E-state index contributed by atoms with van der Waals surface area (Å²) in [6.07, 6.45) is -1.66. The second-order valence-corrected chi connectivity index (χ2v) is 9.83. The Labute approximate surface area is 208 Å². The van der Waals surface area contributed by atoms with E-state index >= 15 is 0 Å². The molecule has 0 spiro atoms. The molecule has 2 aliphatic rings. The number of hydrogen-bond donors (Lipinski definition) is 1. The summed E-state index contributed by atoms with van der Waals surface area (Å²) in [7, 11) is 4.23. The van der Waals surface area contributed by atoms with Gasteiger partial charge in [0.15, 0.2) is 17.6 Å². The van der Waals surface area contributed by atoms with Crippen LogP contribution in [0.4, 0.5) is 0 Å². The summed E-state index contributed by atoms with van der Waals surface area (Å²) in [4.78, 5) is 42.3. The molecule has 2 aromatic carbocycles. The summed E-state index contributed by atoms with van der Waals surface area (Å²) in [5.74, 6) is -0.128. The van der Waals surface area contributed by atoms with Gasteiger partial charge < -0.3 is 24.2 Å². The van der Waals surface area contributed by atoms with E-state index < -0.39 is 28.9 Å². The lowest BCUT2D eigenvalue weighted by molar-refractivity contribution is -0.174. The average molecular weight is 500 g/mol. The zero-order valence-electron chi connectivity index (χ0n) is 20.0. The minimum atomic E-state index is -1.77. The number of fused-ring (bicyclic) bond motifs is 1. The van der Waals surface area contributed by atoms with Crippen LogP contribution in [0.3, 0.4) is 0 Å². The van der Waals surface area contributed by atoms with Gasteiger partial charge in [0.1, 0.15) is 11.2 Å². The fraction of sp³-hybridized carbons (Fsp3) is 0.423. The van der Waals surface area contributed by atoms with Crippen molar-refractivity contribution < 1.29 is 33.7 Å². The van der Waals surface area contributed by atoms with Crippen LogP contribution in [0.1, 0.15) is 24.8 Å². The van der Waals surface area contributed by atoms with Crippen LogP contribution in [0.5, 0.6) is 11.5 Å². The van der Waals surface area contributed by atoms with Crippen LogP contribution in [0.2, 0.25) is 0 Å². The van der Waals surface area contributed by atoms with Crippen LogP contribution < -0.4 is 9.47 Å². The molecule has 0 aromatic heterocycles. The van der Waals surface area contributed by atoms with E-state index in [2.05, 4.69) is 0 Å². The number of carbonyl (C=O) groups excluding carboxylic acids is 3. The second kappa shape index (κ2) is 9.91. The van der Waals surface area contributed by atoms with Crippen molar-refractivity contribution in [3.63, 3.8) is 0 Å². The first-order chi connectivity index (χ1) is 16.8. The number of benzene rings is 2. The number of rotatable bonds is 8. The Morgan fingerprint density at radius 3 is 2.46 bits per heavy atom. The minimum Gasteiger partial charge on any atom is -0.493 e. The number of nitrogens with zero attached hydrogens (tertiary/aromatic N) is 1. The highest BCUT2D eigenvalue weighted by atomic mass is 32.2. The third kappa shape index (κ3) is 3.87. The van der Waals surface area contributed by atoms with E-state index in [1.165, 1.54) is 21.3 Å². The van der Waals surface area contributed by atoms with Gasteiger partial charge in [-0.25, -0.2) is 0 Å². The van der Waals surface area contributed by atoms with Crippen LogP contribution in [0.25, 0.3) is 0 Å². The highest BCUT2D eigenvalue weighted by Gasteiger charge is 2.74. The number of likely N-dealkylation sites (tertiary alicyclic amines) is 1. The maximum atomic E-state index is 13.6. The first-order valence-electron chi connectivity index (χ1n) is 11.4. The third-order valence-corrected chi connectivity index (χ3v) is 8.14. The van der Waals surface area contributed by atoms with Crippen LogP contribution in [-0.4, -0.2) is 67.4 Å². The molecule has 1 aliphatic heterocycles. The summed E-state index contributed by atoms with van der Waals surface area (Å²) >= 11 is 1.57. The Hall–Kier alpha value is -3.04. The summed E-state index contributed by atoms with van der Waals surface area (Å²) in [5.41, 5.74) is -2.48. The number of hydrogen-bond acceptors (Lipinski definition) is 8. The zero-order chi connectivity index (χ0) is 25.2. The first-order valence-corrected chi connectivity index (χ1v) is 12.3. The predicted molar refractivity (Wildman–Crippen MR) is 129 cm³/mol. The monoisotopic (exact) mass is 499 g/mol. The zero-order valence-corrected chi connectivity index (χ0v) is 20.8. The van der Waals surface area contributed by atoms with Crippen LogP contribution in [0.15, 0.2) is 53.4 Å². The molecular weight excluding hydrogens is 470 g/mol. The molecule has 0 radical (unpaired) electrons. The minimum absolute atomic E-state index is 0.162. The van der Waals surface area contributed by atoms with Gasteiger partial charge in [0.05, 0.1) is 26.9 Å². The molecule has 1 aliphatic carbocycles. The van der Waals surface area contributed by atoms with E-state index in [4.69, 9.17) is 14.2 Å². The van der Waals surface area contributed by atoms with Crippen molar-refractivity contribution in [1.82, 2.24) is 4.90 Å². The molecule has 0 bridgehead atoms. The number of amides is 1. The van der Waals surface area contributed by atoms with E-state index in [9.17, 15) is 19.5 Å². The largest absolute Gasteiger partial charge is 0.493 e. The molecular formula is C26H29NO7S. The SMILES string of the molecule is COC(=O)[C@@]12CC(=O)CC[C@]1(c1ccc(OC)c(OC)c1)N(CCSc1ccccc1)C(=O)[C@@H]2O. The molecule has 1 heterocycles. The standard InChI is InChI=1S/C26H29NO7S/c1-32-20-10-9-17(15-21(20)33-2)26-12-11-18(28)16-25(26,24(31)34-3)22(29)23(30)27(26)13-14-35-19-7-5-4-6-8-19/h4-10,15,22,29H,11-14,16H2,1-3H3/t22-,25-,26+/m0/s1. The van der Waals surface area contributed by atoms with E-state index in [1.54, 1.807) is 34.9 Å². The van der Waals surface area contributed by atoms with Crippen molar-refractivity contribution in [2.45, 2.75) is 35.8 Å². The third-order valence-electron chi connectivity index (χ3n) is 7.14. The topological polar surface area (TPSA) is 102 Å². The number of methoxy groups -OCH3 is 3. The van der Waals surface area contributed by atoms with Gasteiger partial charge in [-0.3, -0.25) is 14.4 Å². The van der Waals surface area contributed by atoms with Crippen molar-refractivity contribution >= 4 is 29.4 Å².